The predicted octanol–water partition coefficient (Wildman–Crippen LogP) is 2.78. The molecule has 3 aromatic rings. The summed E-state index contributed by atoms with van der Waals surface area (Å²) in [5, 5.41) is 21.7. The molecule has 1 saturated heterocycles. The van der Waals surface area contributed by atoms with Crippen LogP contribution in [0.4, 0.5) is 17.2 Å². The molecule has 0 radical (unpaired) electrons. The summed E-state index contributed by atoms with van der Waals surface area (Å²) in [7, 11) is -2.17. The van der Waals surface area contributed by atoms with Gasteiger partial charge < -0.3 is 14.9 Å². The van der Waals surface area contributed by atoms with E-state index in [0.717, 1.165) is 52.8 Å². The number of para-hydroxylation sites is 1. The van der Waals surface area contributed by atoms with Crippen LogP contribution in [0, 0.1) is 17.0 Å². The van der Waals surface area contributed by atoms with Crippen LogP contribution < -0.4 is 9.21 Å². The Balaban J connectivity index is 1.76. The molecule has 0 amide bonds. The van der Waals surface area contributed by atoms with Gasteiger partial charge in [-0.3, -0.25) is 14.4 Å². The normalized spacial score (nSPS) is 14.9. The van der Waals surface area contributed by atoms with Gasteiger partial charge in [-0.05, 0) is 56.3 Å². The zero-order chi connectivity index (χ0) is 25.2. The van der Waals surface area contributed by atoms with Crippen molar-refractivity contribution in [1.82, 2.24) is 9.88 Å². The Morgan fingerprint density at radius 2 is 1.83 bits per heavy atom. The lowest BCUT2D eigenvalue weighted by atomic mass is 10.1. The van der Waals surface area contributed by atoms with Gasteiger partial charge in [-0.2, -0.15) is 0 Å². The van der Waals surface area contributed by atoms with Crippen LogP contribution in [0.15, 0.2) is 53.4 Å². The molecule has 10 nitrogen and oxygen atoms in total. The molecular formula is C24H29N5O5S. The van der Waals surface area contributed by atoms with E-state index in [9.17, 15) is 23.6 Å². The van der Waals surface area contributed by atoms with Crippen LogP contribution in [-0.2, 0) is 10.0 Å². The first-order valence-electron chi connectivity index (χ1n) is 11.4. The molecule has 1 aliphatic rings. The second-order valence-electron chi connectivity index (χ2n) is 8.67. The molecule has 0 unspecified atom stereocenters. The van der Waals surface area contributed by atoms with Crippen molar-refractivity contribution in [3.63, 3.8) is 0 Å². The van der Waals surface area contributed by atoms with Gasteiger partial charge in [0.05, 0.1) is 16.1 Å². The monoisotopic (exact) mass is 499 g/mol. The van der Waals surface area contributed by atoms with Crippen LogP contribution in [0.2, 0.25) is 0 Å². The number of nitro benzene ring substituents is 1. The Labute approximate surface area is 204 Å². The summed E-state index contributed by atoms with van der Waals surface area (Å²) in [4.78, 5) is 19.8. The number of hydrogen-bond acceptors (Lipinski definition) is 8. The number of aliphatic hydroxyl groups is 1. The number of benzene rings is 2. The number of sulfonamides is 1. The average Bonchev–Trinajstić information content (AvgIpc) is 2.84. The third kappa shape index (κ3) is 5.07. The lowest BCUT2D eigenvalue weighted by Gasteiger charge is -2.33. The molecule has 0 aliphatic carbocycles. The van der Waals surface area contributed by atoms with Gasteiger partial charge in [-0.15, -0.1) is 0 Å². The number of pyridine rings is 1. The van der Waals surface area contributed by atoms with Gasteiger partial charge in [0.15, 0.2) is 4.90 Å². The van der Waals surface area contributed by atoms with Crippen molar-refractivity contribution in [2.45, 2.75) is 18.2 Å². The molecule has 1 fully saturated rings. The van der Waals surface area contributed by atoms with Crippen LogP contribution in [0.25, 0.3) is 10.9 Å². The van der Waals surface area contributed by atoms with E-state index >= 15 is 0 Å². The summed E-state index contributed by atoms with van der Waals surface area (Å²) in [5.41, 5.74) is 1.57. The van der Waals surface area contributed by atoms with Gasteiger partial charge in [-0.25, -0.2) is 13.4 Å². The standard InChI is InChI=1S/C24H29N5O5S/c1-18-16-24(27-13-11-26(2)12-14-27)25-21-9-8-19(17-20(18)21)28(10-5-15-30)35(33,34)23-7-4-3-6-22(23)29(31)32/h3-4,6-9,16-17,30H,5,10-15H2,1-2H3. The highest BCUT2D eigenvalue weighted by Crippen LogP contribution is 2.33. The number of aliphatic hydroxyl groups excluding tert-OH is 1. The minimum Gasteiger partial charge on any atom is -0.396 e. The van der Waals surface area contributed by atoms with Crippen molar-refractivity contribution < 1.29 is 18.4 Å². The highest BCUT2D eigenvalue weighted by atomic mass is 32.2. The second kappa shape index (κ2) is 10.1. The van der Waals surface area contributed by atoms with E-state index in [1.807, 2.05) is 13.0 Å². The maximum absolute atomic E-state index is 13.6. The molecule has 2 aromatic carbocycles. The SMILES string of the molecule is Cc1cc(N2CCN(C)CC2)nc2ccc(N(CCCO)S(=O)(=O)c3ccccc3[N+](=O)[O-])cc12. The Bertz CT molecular complexity index is 1340. The third-order valence-corrected chi connectivity index (χ3v) is 8.12. The van der Waals surface area contributed by atoms with Gasteiger partial charge in [0.1, 0.15) is 5.82 Å². The molecule has 0 saturated carbocycles. The number of anilines is 2. The number of fused-ring (bicyclic) bond motifs is 1. The van der Waals surface area contributed by atoms with Crippen molar-refractivity contribution in [2.75, 3.05) is 55.6 Å². The molecule has 4 rings (SSSR count). The van der Waals surface area contributed by atoms with Crippen molar-refractivity contribution in [3.05, 3.63) is 64.2 Å². The highest BCUT2D eigenvalue weighted by Gasteiger charge is 2.31. The fourth-order valence-electron chi connectivity index (χ4n) is 4.26. The molecule has 0 atom stereocenters. The van der Waals surface area contributed by atoms with Gasteiger partial charge in [0.2, 0.25) is 0 Å². The fraction of sp³-hybridized carbons (Fsp3) is 0.375. The molecule has 0 spiro atoms. The maximum atomic E-state index is 13.6. The minimum absolute atomic E-state index is 0.0256. The first-order chi connectivity index (χ1) is 16.7. The number of nitro groups is 1. The quantitative estimate of drug-likeness (QED) is 0.371. The Hall–Kier alpha value is -3.28. The van der Waals surface area contributed by atoms with Crippen LogP contribution in [0.3, 0.4) is 0 Å². The number of aromatic nitrogens is 1. The van der Waals surface area contributed by atoms with Crippen molar-refractivity contribution in [2.24, 2.45) is 0 Å². The van der Waals surface area contributed by atoms with Crippen LogP contribution >= 0.6 is 0 Å². The van der Waals surface area contributed by atoms with E-state index in [1.165, 1.54) is 24.3 Å². The Morgan fingerprint density at radius 3 is 2.51 bits per heavy atom. The summed E-state index contributed by atoms with van der Waals surface area (Å²) in [6.07, 6.45) is 0.178. The topological polar surface area (TPSA) is 120 Å². The van der Waals surface area contributed by atoms with E-state index in [1.54, 1.807) is 18.2 Å². The number of nitrogens with zero attached hydrogens (tertiary/aromatic N) is 5. The average molecular weight is 500 g/mol. The smallest absolute Gasteiger partial charge is 0.289 e. The highest BCUT2D eigenvalue weighted by molar-refractivity contribution is 7.93. The molecule has 11 heteroatoms. The zero-order valence-corrected chi connectivity index (χ0v) is 20.6. The van der Waals surface area contributed by atoms with E-state index in [2.05, 4.69) is 16.8 Å². The summed E-state index contributed by atoms with van der Waals surface area (Å²) in [5.74, 6) is 0.889. The lowest BCUT2D eigenvalue weighted by Crippen LogP contribution is -2.44. The van der Waals surface area contributed by atoms with Gasteiger partial charge in [-0.1, -0.05) is 12.1 Å². The third-order valence-electron chi connectivity index (χ3n) is 6.25. The van der Waals surface area contributed by atoms with Crippen LogP contribution in [-0.4, -0.2) is 74.7 Å². The Morgan fingerprint density at radius 1 is 1.11 bits per heavy atom. The van der Waals surface area contributed by atoms with Crippen molar-refractivity contribution in [3.8, 4) is 0 Å². The van der Waals surface area contributed by atoms with E-state index in [0.29, 0.717) is 5.69 Å². The van der Waals surface area contributed by atoms with Gasteiger partial charge in [0.25, 0.3) is 15.7 Å². The fourth-order valence-corrected chi connectivity index (χ4v) is 5.92. The molecule has 2 heterocycles. The van der Waals surface area contributed by atoms with E-state index in [4.69, 9.17) is 4.98 Å². The number of aryl methyl sites for hydroxylation is 1. The lowest BCUT2D eigenvalue weighted by molar-refractivity contribution is -0.387. The van der Waals surface area contributed by atoms with Crippen LogP contribution in [0.5, 0.6) is 0 Å². The molecule has 1 N–H and O–H groups in total. The number of hydrogen-bond donors (Lipinski definition) is 1. The largest absolute Gasteiger partial charge is 0.396 e. The minimum atomic E-state index is -4.27. The maximum Gasteiger partial charge on any atom is 0.289 e. The molecule has 186 valence electrons. The molecule has 1 aromatic heterocycles. The summed E-state index contributed by atoms with van der Waals surface area (Å²) in [6, 6.07) is 12.5. The zero-order valence-electron chi connectivity index (χ0n) is 19.8. The van der Waals surface area contributed by atoms with Crippen molar-refractivity contribution >= 4 is 38.1 Å². The molecular weight excluding hydrogens is 470 g/mol. The number of likely N-dealkylation sites (N-methyl/N-ethyl adjacent to an activating group) is 1. The van der Waals surface area contributed by atoms with Gasteiger partial charge in [0, 0.05) is 50.8 Å². The summed E-state index contributed by atoms with van der Waals surface area (Å²) in [6.45, 7) is 5.41. The Kier molecular flexibility index (Phi) is 7.20. The molecule has 35 heavy (non-hydrogen) atoms. The summed E-state index contributed by atoms with van der Waals surface area (Å²) < 4.78 is 28.3. The van der Waals surface area contributed by atoms with E-state index in [-0.39, 0.29) is 24.5 Å². The molecule has 0 bridgehead atoms. The first kappa shape index (κ1) is 24.8. The van der Waals surface area contributed by atoms with E-state index < -0.39 is 20.6 Å². The first-order valence-corrected chi connectivity index (χ1v) is 12.9. The molecule has 1 aliphatic heterocycles. The van der Waals surface area contributed by atoms with Gasteiger partial charge >= 0.3 is 0 Å². The second-order valence-corrected chi connectivity index (χ2v) is 10.5. The van der Waals surface area contributed by atoms with Crippen LogP contribution in [0.1, 0.15) is 12.0 Å². The van der Waals surface area contributed by atoms with Crippen molar-refractivity contribution in [1.29, 1.82) is 0 Å². The predicted molar refractivity (Wildman–Crippen MR) is 136 cm³/mol. The summed E-state index contributed by atoms with van der Waals surface area (Å²) >= 11 is 0. The number of rotatable bonds is 8. The number of piperazine rings is 1.